The molecule has 120 valence electrons. The van der Waals surface area contributed by atoms with Crippen molar-refractivity contribution in [3.63, 3.8) is 0 Å². The van der Waals surface area contributed by atoms with E-state index in [1.165, 1.54) is 0 Å². The number of carbonyl (C=O) groups is 2. The van der Waals surface area contributed by atoms with Crippen LogP contribution in [0.2, 0.25) is 5.02 Å². The summed E-state index contributed by atoms with van der Waals surface area (Å²) in [5.41, 5.74) is 1.05. The van der Waals surface area contributed by atoms with Crippen LogP contribution < -0.4 is 5.32 Å². The number of likely N-dealkylation sites (tertiary alicyclic amines) is 1. The predicted octanol–water partition coefficient (Wildman–Crippen LogP) is 3.44. The summed E-state index contributed by atoms with van der Waals surface area (Å²) in [6.07, 6.45) is 3.50. The molecule has 0 aromatic heterocycles. The molecule has 1 heterocycles. The summed E-state index contributed by atoms with van der Waals surface area (Å²) in [6.45, 7) is 1.09. The van der Waals surface area contributed by atoms with Crippen molar-refractivity contribution in [2.24, 2.45) is 0 Å². The first-order valence-electron chi connectivity index (χ1n) is 7.59. The van der Waals surface area contributed by atoms with Gasteiger partial charge in [-0.2, -0.15) is 0 Å². The second-order valence-corrected chi connectivity index (χ2v) is 5.93. The maximum Gasteiger partial charge on any atom is 0.317 e. The van der Waals surface area contributed by atoms with E-state index in [0.29, 0.717) is 24.5 Å². The lowest BCUT2D eigenvalue weighted by atomic mass is 9.95. The largest absolute Gasteiger partial charge is 0.481 e. The van der Waals surface area contributed by atoms with Crippen molar-refractivity contribution < 1.29 is 14.7 Å². The highest BCUT2D eigenvalue weighted by molar-refractivity contribution is 6.30. The molecule has 1 fully saturated rings. The van der Waals surface area contributed by atoms with E-state index in [1.54, 1.807) is 0 Å². The van der Waals surface area contributed by atoms with Crippen LogP contribution in [0.25, 0.3) is 0 Å². The van der Waals surface area contributed by atoms with Gasteiger partial charge in [0.15, 0.2) is 0 Å². The van der Waals surface area contributed by atoms with Gasteiger partial charge in [0.05, 0.1) is 6.04 Å². The Labute approximate surface area is 135 Å². The quantitative estimate of drug-likeness (QED) is 0.815. The topological polar surface area (TPSA) is 69.6 Å². The highest BCUT2D eigenvalue weighted by Gasteiger charge is 2.27. The number of carboxylic acids is 1. The highest BCUT2D eigenvalue weighted by Crippen LogP contribution is 2.31. The molecule has 1 aliphatic rings. The molecule has 1 aliphatic heterocycles. The van der Waals surface area contributed by atoms with Crippen LogP contribution in [0.4, 0.5) is 4.79 Å². The molecule has 1 aromatic carbocycles. The van der Waals surface area contributed by atoms with E-state index in [2.05, 4.69) is 5.32 Å². The number of nitrogens with zero attached hydrogens (tertiary/aromatic N) is 1. The third-order valence-corrected chi connectivity index (χ3v) is 4.08. The average molecular weight is 325 g/mol. The summed E-state index contributed by atoms with van der Waals surface area (Å²) >= 11 is 6.05. The van der Waals surface area contributed by atoms with E-state index >= 15 is 0 Å². The van der Waals surface area contributed by atoms with Gasteiger partial charge in [-0.05, 0) is 43.4 Å². The first-order chi connectivity index (χ1) is 10.6. The van der Waals surface area contributed by atoms with Gasteiger partial charge < -0.3 is 15.3 Å². The van der Waals surface area contributed by atoms with Gasteiger partial charge in [-0.1, -0.05) is 23.7 Å². The van der Waals surface area contributed by atoms with Crippen LogP contribution in [0, 0.1) is 0 Å². The summed E-state index contributed by atoms with van der Waals surface area (Å²) in [6, 6.07) is 7.52. The van der Waals surface area contributed by atoms with E-state index in [0.717, 1.165) is 24.8 Å². The van der Waals surface area contributed by atoms with Gasteiger partial charge in [0, 0.05) is 24.5 Å². The number of rotatable bonds is 5. The summed E-state index contributed by atoms with van der Waals surface area (Å²) in [7, 11) is 0. The van der Waals surface area contributed by atoms with Gasteiger partial charge in [-0.15, -0.1) is 0 Å². The van der Waals surface area contributed by atoms with Gasteiger partial charge in [0.25, 0.3) is 0 Å². The lowest BCUT2D eigenvalue weighted by Crippen LogP contribution is -2.44. The third kappa shape index (κ3) is 4.63. The molecule has 2 N–H and O–H groups in total. The van der Waals surface area contributed by atoms with Crippen molar-refractivity contribution in [1.29, 1.82) is 0 Å². The summed E-state index contributed by atoms with van der Waals surface area (Å²) < 4.78 is 0. The number of urea groups is 1. The minimum Gasteiger partial charge on any atom is -0.481 e. The van der Waals surface area contributed by atoms with Gasteiger partial charge in [0.2, 0.25) is 0 Å². The van der Waals surface area contributed by atoms with Crippen molar-refractivity contribution in [3.8, 4) is 0 Å². The number of amides is 2. The number of carbonyl (C=O) groups excluding carboxylic acids is 1. The Morgan fingerprint density at radius 3 is 2.91 bits per heavy atom. The Balaban J connectivity index is 1.97. The minimum atomic E-state index is -0.843. The molecule has 1 aromatic rings. The number of nitrogens with one attached hydrogen (secondary N) is 1. The summed E-state index contributed by atoms with van der Waals surface area (Å²) in [4.78, 5) is 24.7. The zero-order valence-corrected chi connectivity index (χ0v) is 13.2. The first kappa shape index (κ1) is 16.6. The van der Waals surface area contributed by atoms with Gasteiger partial charge in [0.1, 0.15) is 0 Å². The standard InChI is InChI=1S/C16H21ClN2O3/c17-13-6-3-5-12(11-13)14-7-1-2-10-19(14)16(22)18-9-4-8-15(20)21/h3,5-6,11,14H,1-2,4,7-10H2,(H,18,22)(H,20,21). The van der Waals surface area contributed by atoms with Crippen molar-refractivity contribution in [1.82, 2.24) is 10.2 Å². The molecular weight excluding hydrogens is 304 g/mol. The molecule has 1 saturated heterocycles. The van der Waals surface area contributed by atoms with Crippen LogP contribution in [0.1, 0.15) is 43.7 Å². The maximum atomic E-state index is 12.3. The Morgan fingerprint density at radius 2 is 2.18 bits per heavy atom. The molecular formula is C16H21ClN2O3. The van der Waals surface area contributed by atoms with E-state index in [1.807, 2.05) is 29.2 Å². The van der Waals surface area contributed by atoms with Gasteiger partial charge in [-0.25, -0.2) is 4.79 Å². The van der Waals surface area contributed by atoms with Crippen LogP contribution in [0.15, 0.2) is 24.3 Å². The average Bonchev–Trinajstić information content (AvgIpc) is 2.51. The molecule has 0 saturated carbocycles. The second-order valence-electron chi connectivity index (χ2n) is 5.49. The molecule has 1 atom stereocenters. The van der Waals surface area contributed by atoms with Crippen LogP contribution in [-0.4, -0.2) is 35.1 Å². The zero-order chi connectivity index (χ0) is 15.9. The molecule has 2 amide bonds. The fraction of sp³-hybridized carbons (Fsp3) is 0.500. The fourth-order valence-electron chi connectivity index (χ4n) is 2.77. The van der Waals surface area contributed by atoms with Crippen LogP contribution >= 0.6 is 11.6 Å². The third-order valence-electron chi connectivity index (χ3n) is 3.84. The van der Waals surface area contributed by atoms with E-state index in [4.69, 9.17) is 16.7 Å². The molecule has 0 bridgehead atoms. The molecule has 0 radical (unpaired) electrons. The number of benzene rings is 1. The predicted molar refractivity (Wildman–Crippen MR) is 85.0 cm³/mol. The van der Waals surface area contributed by atoms with Crippen molar-refractivity contribution in [2.75, 3.05) is 13.1 Å². The normalized spacial score (nSPS) is 18.0. The number of halogens is 1. The summed E-state index contributed by atoms with van der Waals surface area (Å²) in [5, 5.41) is 12.1. The first-order valence-corrected chi connectivity index (χ1v) is 7.97. The van der Waals surface area contributed by atoms with Crippen LogP contribution in [0.3, 0.4) is 0 Å². The smallest absolute Gasteiger partial charge is 0.317 e. The van der Waals surface area contributed by atoms with Crippen molar-refractivity contribution in [3.05, 3.63) is 34.9 Å². The number of piperidine rings is 1. The van der Waals surface area contributed by atoms with Crippen molar-refractivity contribution in [2.45, 2.75) is 38.1 Å². The summed E-state index contributed by atoms with van der Waals surface area (Å²) in [5.74, 6) is -0.843. The molecule has 0 aliphatic carbocycles. The minimum absolute atomic E-state index is 0.0342. The number of hydrogen-bond acceptors (Lipinski definition) is 2. The number of carboxylic acid groups (broad SMARTS) is 1. The van der Waals surface area contributed by atoms with E-state index in [-0.39, 0.29) is 18.5 Å². The Hall–Kier alpha value is -1.75. The Bertz CT molecular complexity index is 536. The lowest BCUT2D eigenvalue weighted by molar-refractivity contribution is -0.137. The monoisotopic (exact) mass is 324 g/mol. The lowest BCUT2D eigenvalue weighted by Gasteiger charge is -2.36. The van der Waals surface area contributed by atoms with Crippen LogP contribution in [0.5, 0.6) is 0 Å². The van der Waals surface area contributed by atoms with Gasteiger partial charge in [-0.3, -0.25) is 4.79 Å². The molecule has 1 unspecified atom stereocenters. The van der Waals surface area contributed by atoms with E-state index in [9.17, 15) is 9.59 Å². The fourth-order valence-corrected chi connectivity index (χ4v) is 2.97. The number of aliphatic carboxylic acids is 1. The molecule has 22 heavy (non-hydrogen) atoms. The SMILES string of the molecule is O=C(O)CCCNC(=O)N1CCCCC1c1cccc(Cl)c1. The second kappa shape index (κ2) is 8.03. The van der Waals surface area contributed by atoms with E-state index < -0.39 is 5.97 Å². The Kier molecular flexibility index (Phi) is 6.07. The highest BCUT2D eigenvalue weighted by atomic mass is 35.5. The van der Waals surface area contributed by atoms with Crippen molar-refractivity contribution >= 4 is 23.6 Å². The Morgan fingerprint density at radius 1 is 1.36 bits per heavy atom. The van der Waals surface area contributed by atoms with Gasteiger partial charge >= 0.3 is 12.0 Å². The zero-order valence-electron chi connectivity index (χ0n) is 12.4. The molecule has 0 spiro atoms. The number of hydrogen-bond donors (Lipinski definition) is 2. The molecule has 5 nitrogen and oxygen atoms in total. The molecule has 2 rings (SSSR count). The van der Waals surface area contributed by atoms with Crippen LogP contribution in [-0.2, 0) is 4.79 Å². The molecule has 6 heteroatoms. The maximum absolute atomic E-state index is 12.3.